The first-order chi connectivity index (χ1) is 9.63. The molecule has 0 aromatic carbocycles. The van der Waals surface area contributed by atoms with Gasteiger partial charge in [-0.05, 0) is 44.6 Å². The maximum absolute atomic E-state index is 12.0. The van der Waals surface area contributed by atoms with Crippen LogP contribution in [0.3, 0.4) is 0 Å². The molecule has 0 radical (unpaired) electrons. The van der Waals surface area contributed by atoms with Crippen LogP contribution in [0.1, 0.15) is 51.4 Å². The molecule has 0 bridgehead atoms. The highest BCUT2D eigenvalue weighted by molar-refractivity contribution is 5.78. The van der Waals surface area contributed by atoms with Gasteiger partial charge in [-0.15, -0.1) is 0 Å². The Kier molecular flexibility index (Phi) is 5.83. The van der Waals surface area contributed by atoms with E-state index >= 15 is 0 Å². The number of carbonyl (C=O) groups excluding carboxylic acids is 1. The summed E-state index contributed by atoms with van der Waals surface area (Å²) >= 11 is 0. The van der Waals surface area contributed by atoms with E-state index in [0.29, 0.717) is 18.5 Å². The second kappa shape index (κ2) is 7.62. The van der Waals surface area contributed by atoms with Crippen LogP contribution in [0.4, 0.5) is 0 Å². The predicted octanol–water partition coefficient (Wildman–Crippen LogP) is 1.62. The Hall–Kier alpha value is -1.10. The Bertz CT molecular complexity index is 340. The molecule has 1 amide bonds. The monoisotopic (exact) mass is 282 g/mol. The molecule has 1 saturated heterocycles. The molecule has 1 aliphatic carbocycles. The lowest BCUT2D eigenvalue weighted by atomic mass is 9.93. The molecule has 2 fully saturated rings. The summed E-state index contributed by atoms with van der Waals surface area (Å²) in [5.74, 6) is -0.156. The molecule has 0 aromatic heterocycles. The van der Waals surface area contributed by atoms with E-state index in [2.05, 4.69) is 10.2 Å². The van der Waals surface area contributed by atoms with Crippen LogP contribution in [0.15, 0.2) is 0 Å². The van der Waals surface area contributed by atoms with E-state index in [1.807, 2.05) is 0 Å². The van der Waals surface area contributed by atoms with Gasteiger partial charge in [0.05, 0.1) is 6.54 Å². The lowest BCUT2D eigenvalue weighted by molar-refractivity contribution is -0.137. The molecule has 1 unspecified atom stereocenters. The minimum atomic E-state index is -0.721. The fourth-order valence-electron chi connectivity index (χ4n) is 3.40. The number of likely N-dealkylation sites (tertiary alicyclic amines) is 1. The molecule has 1 saturated carbocycles. The van der Waals surface area contributed by atoms with Gasteiger partial charge in [-0.1, -0.05) is 12.8 Å². The van der Waals surface area contributed by atoms with E-state index in [-0.39, 0.29) is 12.3 Å². The third kappa shape index (κ3) is 5.12. The molecule has 0 spiro atoms. The van der Waals surface area contributed by atoms with Gasteiger partial charge in [-0.2, -0.15) is 0 Å². The second-order valence-corrected chi connectivity index (χ2v) is 6.22. The molecule has 114 valence electrons. The molecular formula is C15H26N2O3. The van der Waals surface area contributed by atoms with Crippen molar-refractivity contribution < 1.29 is 14.7 Å². The summed E-state index contributed by atoms with van der Waals surface area (Å²) in [6.07, 6.45) is 7.83. The maximum atomic E-state index is 12.0. The van der Waals surface area contributed by atoms with Crippen LogP contribution in [0.25, 0.3) is 0 Å². The van der Waals surface area contributed by atoms with E-state index < -0.39 is 5.97 Å². The number of hydrogen-bond donors (Lipinski definition) is 2. The van der Waals surface area contributed by atoms with Crippen LogP contribution in [-0.4, -0.2) is 47.6 Å². The third-order valence-electron chi connectivity index (χ3n) is 4.46. The van der Waals surface area contributed by atoms with Crippen molar-refractivity contribution in [3.8, 4) is 0 Å². The van der Waals surface area contributed by atoms with Gasteiger partial charge in [0.2, 0.25) is 5.91 Å². The zero-order valence-electron chi connectivity index (χ0n) is 12.1. The van der Waals surface area contributed by atoms with Crippen LogP contribution >= 0.6 is 0 Å². The third-order valence-corrected chi connectivity index (χ3v) is 4.46. The fourth-order valence-corrected chi connectivity index (χ4v) is 3.40. The van der Waals surface area contributed by atoms with Crippen LogP contribution in [-0.2, 0) is 9.59 Å². The molecule has 1 heterocycles. The van der Waals surface area contributed by atoms with Crippen LogP contribution in [0, 0.1) is 5.92 Å². The molecule has 20 heavy (non-hydrogen) atoms. The summed E-state index contributed by atoms with van der Waals surface area (Å²) in [6, 6.07) is 0.384. The Morgan fingerprint density at radius 1 is 1.15 bits per heavy atom. The summed E-state index contributed by atoms with van der Waals surface area (Å²) in [7, 11) is 0. The SMILES string of the molecule is O=C(O)CCC1CCCN(CC(=O)NC2CCCC2)C1. The summed E-state index contributed by atoms with van der Waals surface area (Å²) in [5.41, 5.74) is 0. The van der Waals surface area contributed by atoms with Gasteiger partial charge in [0.1, 0.15) is 0 Å². The van der Waals surface area contributed by atoms with Gasteiger partial charge >= 0.3 is 5.97 Å². The summed E-state index contributed by atoms with van der Waals surface area (Å²) in [5, 5.41) is 11.9. The van der Waals surface area contributed by atoms with Crippen molar-refractivity contribution in [2.24, 2.45) is 5.92 Å². The highest BCUT2D eigenvalue weighted by Crippen LogP contribution is 2.21. The summed E-state index contributed by atoms with van der Waals surface area (Å²) < 4.78 is 0. The van der Waals surface area contributed by atoms with E-state index in [1.165, 1.54) is 12.8 Å². The second-order valence-electron chi connectivity index (χ2n) is 6.22. The van der Waals surface area contributed by atoms with Crippen molar-refractivity contribution in [2.75, 3.05) is 19.6 Å². The van der Waals surface area contributed by atoms with Gasteiger partial charge < -0.3 is 10.4 Å². The van der Waals surface area contributed by atoms with E-state index in [0.717, 1.165) is 45.2 Å². The van der Waals surface area contributed by atoms with Crippen molar-refractivity contribution in [3.05, 3.63) is 0 Å². The van der Waals surface area contributed by atoms with Crippen molar-refractivity contribution in [3.63, 3.8) is 0 Å². The fraction of sp³-hybridized carbons (Fsp3) is 0.867. The largest absolute Gasteiger partial charge is 0.481 e. The number of piperidine rings is 1. The number of carbonyl (C=O) groups is 2. The van der Waals surface area contributed by atoms with Crippen molar-refractivity contribution in [2.45, 2.75) is 57.4 Å². The van der Waals surface area contributed by atoms with Crippen molar-refractivity contribution in [1.29, 1.82) is 0 Å². The van der Waals surface area contributed by atoms with E-state index in [4.69, 9.17) is 5.11 Å². The number of nitrogens with zero attached hydrogens (tertiary/aromatic N) is 1. The smallest absolute Gasteiger partial charge is 0.303 e. The Balaban J connectivity index is 1.68. The molecule has 2 rings (SSSR count). The minimum Gasteiger partial charge on any atom is -0.481 e. The lowest BCUT2D eigenvalue weighted by Gasteiger charge is -2.32. The van der Waals surface area contributed by atoms with Gasteiger partial charge in [0.15, 0.2) is 0 Å². The normalized spacial score (nSPS) is 24.7. The number of nitrogens with one attached hydrogen (secondary N) is 1. The molecule has 1 aliphatic heterocycles. The quantitative estimate of drug-likeness (QED) is 0.777. The number of amides is 1. The lowest BCUT2D eigenvalue weighted by Crippen LogP contribution is -2.44. The standard InChI is InChI=1S/C15H26N2O3/c18-14(16-13-5-1-2-6-13)11-17-9-3-4-12(10-17)7-8-15(19)20/h12-13H,1-11H2,(H,16,18)(H,19,20). The Morgan fingerprint density at radius 2 is 1.90 bits per heavy atom. The number of carboxylic acids is 1. The first kappa shape index (κ1) is 15.3. The molecule has 5 heteroatoms. The molecule has 1 atom stereocenters. The molecule has 5 nitrogen and oxygen atoms in total. The molecule has 2 N–H and O–H groups in total. The number of hydrogen-bond acceptors (Lipinski definition) is 3. The molecular weight excluding hydrogens is 256 g/mol. The Morgan fingerprint density at radius 3 is 2.60 bits per heavy atom. The van der Waals surface area contributed by atoms with Gasteiger partial charge in [-0.25, -0.2) is 0 Å². The van der Waals surface area contributed by atoms with Crippen LogP contribution < -0.4 is 5.32 Å². The molecule has 0 aromatic rings. The van der Waals surface area contributed by atoms with Gasteiger partial charge in [0.25, 0.3) is 0 Å². The predicted molar refractivity (Wildman–Crippen MR) is 76.4 cm³/mol. The van der Waals surface area contributed by atoms with Gasteiger partial charge in [0, 0.05) is 19.0 Å². The Labute approximate surface area is 120 Å². The van der Waals surface area contributed by atoms with Crippen molar-refractivity contribution >= 4 is 11.9 Å². The number of rotatable bonds is 6. The first-order valence-electron chi connectivity index (χ1n) is 7.87. The zero-order valence-corrected chi connectivity index (χ0v) is 12.1. The van der Waals surface area contributed by atoms with Crippen LogP contribution in [0.2, 0.25) is 0 Å². The zero-order chi connectivity index (χ0) is 14.4. The maximum Gasteiger partial charge on any atom is 0.303 e. The van der Waals surface area contributed by atoms with E-state index in [1.54, 1.807) is 0 Å². The number of carboxylic acid groups (broad SMARTS) is 1. The summed E-state index contributed by atoms with van der Waals surface area (Å²) in [6.45, 7) is 2.30. The summed E-state index contributed by atoms with van der Waals surface area (Å²) in [4.78, 5) is 24.8. The van der Waals surface area contributed by atoms with Crippen molar-refractivity contribution in [1.82, 2.24) is 10.2 Å². The average Bonchev–Trinajstić information content (AvgIpc) is 2.89. The topological polar surface area (TPSA) is 69.6 Å². The van der Waals surface area contributed by atoms with E-state index in [9.17, 15) is 9.59 Å². The first-order valence-corrected chi connectivity index (χ1v) is 7.87. The van der Waals surface area contributed by atoms with Crippen LogP contribution in [0.5, 0.6) is 0 Å². The minimum absolute atomic E-state index is 0.135. The molecule has 2 aliphatic rings. The highest BCUT2D eigenvalue weighted by Gasteiger charge is 2.23. The number of aliphatic carboxylic acids is 1. The average molecular weight is 282 g/mol. The highest BCUT2D eigenvalue weighted by atomic mass is 16.4. The van der Waals surface area contributed by atoms with Gasteiger partial charge in [-0.3, -0.25) is 14.5 Å².